The summed E-state index contributed by atoms with van der Waals surface area (Å²) in [4.78, 5) is 4.45. The average Bonchev–Trinajstić information content (AvgIpc) is 3.06. The highest BCUT2D eigenvalue weighted by Crippen LogP contribution is 2.28. The molecule has 1 aliphatic rings. The van der Waals surface area contributed by atoms with Crippen molar-refractivity contribution in [2.45, 2.75) is 19.4 Å². The highest BCUT2D eigenvalue weighted by Gasteiger charge is 2.20. The quantitative estimate of drug-likeness (QED) is 0.859. The van der Waals surface area contributed by atoms with Crippen molar-refractivity contribution in [1.29, 1.82) is 0 Å². The van der Waals surface area contributed by atoms with Gasteiger partial charge in [0, 0.05) is 0 Å². The molecular formula is C13H16N2O2. The first-order chi connectivity index (χ1) is 8.36. The van der Waals surface area contributed by atoms with Gasteiger partial charge in [-0.15, -0.1) is 0 Å². The van der Waals surface area contributed by atoms with E-state index in [1.54, 1.807) is 7.11 Å². The Labute approximate surface area is 100.0 Å². The van der Waals surface area contributed by atoms with Crippen LogP contribution in [0.2, 0.25) is 0 Å². The fourth-order valence-corrected chi connectivity index (χ4v) is 1.91. The first-order valence-corrected chi connectivity index (χ1v) is 6.00. The number of ether oxygens (including phenoxy) is 1. The molecule has 3 rings (SSSR count). The lowest BCUT2D eigenvalue weighted by atomic mass is 10.3. The van der Waals surface area contributed by atoms with Crippen molar-refractivity contribution >= 4 is 11.1 Å². The summed E-state index contributed by atoms with van der Waals surface area (Å²) in [5, 5.41) is 3.36. The third kappa shape index (κ3) is 2.26. The molecule has 0 spiro atoms. The molecule has 1 fully saturated rings. The van der Waals surface area contributed by atoms with E-state index in [1.165, 1.54) is 12.8 Å². The van der Waals surface area contributed by atoms with E-state index in [0.29, 0.717) is 6.54 Å². The zero-order chi connectivity index (χ0) is 11.7. The van der Waals surface area contributed by atoms with Gasteiger partial charge in [-0.3, -0.25) is 0 Å². The zero-order valence-corrected chi connectivity index (χ0v) is 9.90. The van der Waals surface area contributed by atoms with Crippen molar-refractivity contribution < 1.29 is 9.15 Å². The van der Waals surface area contributed by atoms with E-state index in [9.17, 15) is 0 Å². The van der Waals surface area contributed by atoms with Crippen molar-refractivity contribution in [3.8, 4) is 5.75 Å². The summed E-state index contributed by atoms with van der Waals surface area (Å²) in [7, 11) is 1.65. The van der Waals surface area contributed by atoms with Crippen LogP contribution in [0.3, 0.4) is 0 Å². The minimum absolute atomic E-state index is 0.689. The van der Waals surface area contributed by atoms with Crippen LogP contribution in [0, 0.1) is 5.92 Å². The summed E-state index contributed by atoms with van der Waals surface area (Å²) in [6, 6.07) is 5.72. The van der Waals surface area contributed by atoms with Crippen LogP contribution in [0.25, 0.3) is 11.1 Å². The number of aromatic nitrogens is 1. The van der Waals surface area contributed by atoms with Gasteiger partial charge in [-0.2, -0.15) is 0 Å². The van der Waals surface area contributed by atoms with Crippen molar-refractivity contribution in [3.63, 3.8) is 0 Å². The maximum absolute atomic E-state index is 5.66. The van der Waals surface area contributed by atoms with Crippen LogP contribution >= 0.6 is 0 Å². The molecule has 17 heavy (non-hydrogen) atoms. The molecule has 0 amide bonds. The Kier molecular flexibility index (Phi) is 2.73. The van der Waals surface area contributed by atoms with Gasteiger partial charge >= 0.3 is 0 Å². The summed E-state index contributed by atoms with van der Waals surface area (Å²) >= 11 is 0. The van der Waals surface area contributed by atoms with Crippen LogP contribution < -0.4 is 10.1 Å². The molecule has 0 unspecified atom stereocenters. The van der Waals surface area contributed by atoms with Crippen LogP contribution in [0.1, 0.15) is 18.7 Å². The lowest BCUT2D eigenvalue weighted by molar-refractivity contribution is 0.419. The SMILES string of the molecule is COc1cccc2oc(CNCC3CC3)nc12. The van der Waals surface area contributed by atoms with Gasteiger partial charge < -0.3 is 14.5 Å². The maximum Gasteiger partial charge on any atom is 0.209 e. The lowest BCUT2D eigenvalue weighted by Gasteiger charge is -1.98. The monoisotopic (exact) mass is 232 g/mol. The fraction of sp³-hybridized carbons (Fsp3) is 0.462. The number of methoxy groups -OCH3 is 1. The number of para-hydroxylation sites is 1. The molecule has 4 nitrogen and oxygen atoms in total. The minimum atomic E-state index is 0.689. The third-order valence-electron chi connectivity index (χ3n) is 3.05. The van der Waals surface area contributed by atoms with Crippen molar-refractivity contribution in [2.24, 2.45) is 5.92 Å². The number of nitrogens with zero attached hydrogens (tertiary/aromatic N) is 1. The maximum atomic E-state index is 5.66. The predicted octanol–water partition coefficient (Wildman–Crippen LogP) is 2.34. The van der Waals surface area contributed by atoms with Gasteiger partial charge in [-0.1, -0.05) is 6.07 Å². The molecule has 90 valence electrons. The zero-order valence-electron chi connectivity index (χ0n) is 9.90. The Balaban J connectivity index is 1.75. The van der Waals surface area contributed by atoms with Gasteiger partial charge in [-0.05, 0) is 37.4 Å². The van der Waals surface area contributed by atoms with E-state index in [0.717, 1.165) is 35.2 Å². The first-order valence-electron chi connectivity index (χ1n) is 6.00. The van der Waals surface area contributed by atoms with E-state index in [1.807, 2.05) is 18.2 Å². The normalized spacial score (nSPS) is 15.4. The van der Waals surface area contributed by atoms with Crippen molar-refractivity contribution in [3.05, 3.63) is 24.1 Å². The van der Waals surface area contributed by atoms with Gasteiger partial charge in [0.2, 0.25) is 5.89 Å². The fourth-order valence-electron chi connectivity index (χ4n) is 1.91. The smallest absolute Gasteiger partial charge is 0.209 e. The molecule has 1 aliphatic carbocycles. The molecule has 2 aromatic rings. The highest BCUT2D eigenvalue weighted by molar-refractivity contribution is 5.79. The van der Waals surface area contributed by atoms with Crippen LogP contribution in [-0.2, 0) is 6.54 Å². The predicted molar refractivity (Wildman–Crippen MR) is 65.0 cm³/mol. The highest BCUT2D eigenvalue weighted by atomic mass is 16.5. The van der Waals surface area contributed by atoms with E-state index in [-0.39, 0.29) is 0 Å². The number of oxazole rings is 1. The second-order valence-corrected chi connectivity index (χ2v) is 4.49. The van der Waals surface area contributed by atoms with Crippen LogP contribution in [-0.4, -0.2) is 18.6 Å². The van der Waals surface area contributed by atoms with E-state index < -0.39 is 0 Å². The molecule has 1 aromatic carbocycles. The Morgan fingerprint density at radius 3 is 3.12 bits per heavy atom. The summed E-state index contributed by atoms with van der Waals surface area (Å²) < 4.78 is 10.9. The van der Waals surface area contributed by atoms with E-state index in [4.69, 9.17) is 9.15 Å². The van der Waals surface area contributed by atoms with Crippen LogP contribution in [0.5, 0.6) is 5.75 Å². The minimum Gasteiger partial charge on any atom is -0.494 e. The van der Waals surface area contributed by atoms with Crippen LogP contribution in [0.15, 0.2) is 22.6 Å². The molecule has 0 atom stereocenters. The van der Waals surface area contributed by atoms with E-state index in [2.05, 4.69) is 10.3 Å². The lowest BCUT2D eigenvalue weighted by Crippen LogP contribution is -2.16. The van der Waals surface area contributed by atoms with Gasteiger partial charge in [0.25, 0.3) is 0 Å². The topological polar surface area (TPSA) is 47.3 Å². The van der Waals surface area contributed by atoms with Crippen molar-refractivity contribution in [2.75, 3.05) is 13.7 Å². The number of rotatable bonds is 5. The van der Waals surface area contributed by atoms with Gasteiger partial charge in [-0.25, -0.2) is 4.98 Å². The second kappa shape index (κ2) is 4.37. The first kappa shape index (κ1) is 10.6. The summed E-state index contributed by atoms with van der Waals surface area (Å²) in [6.07, 6.45) is 2.71. The molecule has 1 aromatic heterocycles. The van der Waals surface area contributed by atoms with E-state index >= 15 is 0 Å². The molecule has 1 saturated carbocycles. The number of hydrogen-bond acceptors (Lipinski definition) is 4. The third-order valence-corrected chi connectivity index (χ3v) is 3.05. The summed E-state index contributed by atoms with van der Waals surface area (Å²) in [5.74, 6) is 2.36. The van der Waals surface area contributed by atoms with Crippen LogP contribution in [0.4, 0.5) is 0 Å². The van der Waals surface area contributed by atoms with Crippen molar-refractivity contribution in [1.82, 2.24) is 10.3 Å². The van der Waals surface area contributed by atoms with Gasteiger partial charge in [0.1, 0.15) is 5.75 Å². The number of benzene rings is 1. The Morgan fingerprint density at radius 2 is 2.35 bits per heavy atom. The van der Waals surface area contributed by atoms with Gasteiger partial charge in [0.05, 0.1) is 13.7 Å². The molecule has 0 saturated heterocycles. The van der Waals surface area contributed by atoms with Gasteiger partial charge in [0.15, 0.2) is 11.1 Å². The molecule has 0 aliphatic heterocycles. The molecule has 1 heterocycles. The number of nitrogens with one attached hydrogen (secondary N) is 1. The molecular weight excluding hydrogens is 216 g/mol. The standard InChI is InChI=1S/C13H16N2O2/c1-16-10-3-2-4-11-13(10)15-12(17-11)8-14-7-9-5-6-9/h2-4,9,14H,5-8H2,1H3. The molecule has 1 N–H and O–H groups in total. The second-order valence-electron chi connectivity index (χ2n) is 4.49. The Morgan fingerprint density at radius 1 is 1.47 bits per heavy atom. The largest absolute Gasteiger partial charge is 0.494 e. The summed E-state index contributed by atoms with van der Waals surface area (Å²) in [6.45, 7) is 1.75. The number of fused-ring (bicyclic) bond motifs is 1. The Hall–Kier alpha value is -1.55. The molecule has 4 heteroatoms. The summed E-state index contributed by atoms with van der Waals surface area (Å²) in [5.41, 5.74) is 1.59. The number of hydrogen-bond donors (Lipinski definition) is 1. The average molecular weight is 232 g/mol. The molecule has 0 bridgehead atoms. The molecule has 0 radical (unpaired) electrons. The Bertz CT molecular complexity index is 517.